The molecule has 0 aromatic heterocycles. The highest BCUT2D eigenvalue weighted by molar-refractivity contribution is 5.37. The Morgan fingerprint density at radius 3 is 2.43 bits per heavy atom. The van der Waals surface area contributed by atoms with Crippen LogP contribution in [0.4, 0.5) is 4.39 Å². The van der Waals surface area contributed by atoms with E-state index in [2.05, 4.69) is 0 Å². The maximum atomic E-state index is 12.8. The second-order valence-electron chi connectivity index (χ2n) is 4.88. The van der Waals surface area contributed by atoms with Crippen molar-refractivity contribution in [3.05, 3.63) is 66.5 Å². The van der Waals surface area contributed by atoms with E-state index in [0.717, 1.165) is 0 Å². The van der Waals surface area contributed by atoms with Crippen LogP contribution >= 0.6 is 0 Å². The third kappa shape index (κ3) is 3.61. The summed E-state index contributed by atoms with van der Waals surface area (Å²) in [6.45, 7) is 0. The predicted octanol–water partition coefficient (Wildman–Crippen LogP) is 3.69. The Labute approximate surface area is 122 Å². The van der Waals surface area contributed by atoms with Crippen LogP contribution in [0.5, 0.6) is 17.2 Å². The molecule has 1 aliphatic carbocycles. The second kappa shape index (κ2) is 5.97. The molecule has 0 heterocycles. The monoisotopic (exact) mass is 286 g/mol. The van der Waals surface area contributed by atoms with Crippen molar-refractivity contribution in [1.29, 1.82) is 0 Å². The minimum absolute atomic E-state index is 0.124. The first-order chi connectivity index (χ1) is 10.2. The summed E-state index contributed by atoms with van der Waals surface area (Å²) in [6, 6.07) is 13.1. The highest BCUT2D eigenvalue weighted by Crippen LogP contribution is 2.27. The lowest BCUT2D eigenvalue weighted by molar-refractivity contribution is 0.165. The Hall–Kier alpha value is -2.33. The zero-order valence-electron chi connectivity index (χ0n) is 11.3. The lowest BCUT2D eigenvalue weighted by Gasteiger charge is -2.13. The van der Waals surface area contributed by atoms with Crippen molar-refractivity contribution in [2.75, 3.05) is 0 Å². The lowest BCUT2D eigenvalue weighted by atomic mass is 10.2. The Kier molecular flexibility index (Phi) is 3.88. The van der Waals surface area contributed by atoms with Gasteiger partial charge in [-0.1, -0.05) is 12.1 Å². The highest BCUT2D eigenvalue weighted by Gasteiger charge is 2.18. The molecule has 0 aliphatic heterocycles. The lowest BCUT2D eigenvalue weighted by Crippen LogP contribution is -2.13. The van der Waals surface area contributed by atoms with E-state index in [1.165, 1.54) is 12.1 Å². The van der Waals surface area contributed by atoms with Gasteiger partial charge in [0.15, 0.2) is 0 Å². The van der Waals surface area contributed by atoms with Crippen LogP contribution in [0.15, 0.2) is 60.7 Å². The number of benzene rings is 2. The molecule has 4 heteroatoms. The molecule has 3 rings (SSSR count). The van der Waals surface area contributed by atoms with Crippen molar-refractivity contribution in [2.24, 2.45) is 0 Å². The zero-order chi connectivity index (χ0) is 14.7. The minimum Gasteiger partial charge on any atom is -0.486 e. The fourth-order valence-electron chi connectivity index (χ4n) is 2.16. The van der Waals surface area contributed by atoms with Crippen LogP contribution in [0.25, 0.3) is 0 Å². The van der Waals surface area contributed by atoms with E-state index in [1.807, 2.05) is 18.2 Å². The molecule has 0 saturated carbocycles. The smallest absolute Gasteiger partial charge is 0.131 e. The third-order valence-corrected chi connectivity index (χ3v) is 3.16. The van der Waals surface area contributed by atoms with Crippen LogP contribution in [-0.4, -0.2) is 17.3 Å². The molecule has 3 nitrogen and oxygen atoms in total. The van der Waals surface area contributed by atoms with Crippen LogP contribution in [0.1, 0.15) is 6.42 Å². The van der Waals surface area contributed by atoms with E-state index in [1.54, 1.807) is 30.3 Å². The van der Waals surface area contributed by atoms with E-state index < -0.39 is 6.10 Å². The molecule has 0 unspecified atom stereocenters. The number of halogens is 1. The Balaban J connectivity index is 1.68. The maximum absolute atomic E-state index is 12.8. The molecule has 2 atom stereocenters. The minimum atomic E-state index is -0.436. The number of ether oxygens (including phenoxy) is 2. The van der Waals surface area contributed by atoms with Crippen molar-refractivity contribution in [3.8, 4) is 17.2 Å². The van der Waals surface area contributed by atoms with Gasteiger partial charge in [-0.15, -0.1) is 0 Å². The van der Waals surface area contributed by atoms with Gasteiger partial charge in [0.25, 0.3) is 0 Å². The van der Waals surface area contributed by atoms with E-state index in [9.17, 15) is 9.50 Å². The molecule has 0 saturated heterocycles. The average Bonchev–Trinajstić information content (AvgIpc) is 2.87. The standard InChI is InChI=1S/C17H15FO3/c18-12-4-7-14(8-5-12)20-15-2-1-3-16(11-15)21-17-9-6-13(19)10-17/h1-9,11,13,17,19H,10H2/t13-,17-/m0/s1. The van der Waals surface area contributed by atoms with Crippen molar-refractivity contribution >= 4 is 0 Å². The summed E-state index contributed by atoms with van der Waals surface area (Å²) in [5.41, 5.74) is 0. The summed E-state index contributed by atoms with van der Waals surface area (Å²) in [5.74, 6) is 1.54. The number of hydrogen-bond acceptors (Lipinski definition) is 3. The normalized spacial score (nSPS) is 20.5. The van der Waals surface area contributed by atoms with Gasteiger partial charge in [-0.05, 0) is 42.5 Å². The Morgan fingerprint density at radius 2 is 1.71 bits per heavy atom. The highest BCUT2D eigenvalue weighted by atomic mass is 19.1. The van der Waals surface area contributed by atoms with Gasteiger partial charge in [0, 0.05) is 12.5 Å². The molecular weight excluding hydrogens is 271 g/mol. The number of aliphatic hydroxyl groups is 1. The molecule has 21 heavy (non-hydrogen) atoms. The van der Waals surface area contributed by atoms with Gasteiger partial charge in [-0.2, -0.15) is 0 Å². The topological polar surface area (TPSA) is 38.7 Å². The van der Waals surface area contributed by atoms with Gasteiger partial charge in [-0.3, -0.25) is 0 Å². The molecule has 0 bridgehead atoms. The SMILES string of the molecule is O[C@H]1C=C[C@H](Oc2cccc(Oc3ccc(F)cc3)c2)C1. The van der Waals surface area contributed by atoms with Gasteiger partial charge in [0.05, 0.1) is 6.10 Å². The Bertz CT molecular complexity index is 637. The predicted molar refractivity (Wildman–Crippen MR) is 77.1 cm³/mol. The van der Waals surface area contributed by atoms with Crippen LogP contribution < -0.4 is 9.47 Å². The second-order valence-corrected chi connectivity index (χ2v) is 4.88. The molecule has 0 amide bonds. The molecule has 2 aromatic carbocycles. The quantitative estimate of drug-likeness (QED) is 0.871. The van der Waals surface area contributed by atoms with E-state index >= 15 is 0 Å². The summed E-state index contributed by atoms with van der Waals surface area (Å²) in [4.78, 5) is 0. The van der Waals surface area contributed by atoms with E-state index in [0.29, 0.717) is 23.7 Å². The Morgan fingerprint density at radius 1 is 0.952 bits per heavy atom. The van der Waals surface area contributed by atoms with Crippen molar-refractivity contribution in [3.63, 3.8) is 0 Å². The summed E-state index contributed by atoms with van der Waals surface area (Å²) in [6.07, 6.45) is 3.57. The van der Waals surface area contributed by atoms with Gasteiger partial charge in [0.1, 0.15) is 29.2 Å². The first-order valence-electron chi connectivity index (χ1n) is 6.75. The molecule has 0 spiro atoms. The first-order valence-corrected chi connectivity index (χ1v) is 6.75. The van der Waals surface area contributed by atoms with Crippen LogP contribution in [0.2, 0.25) is 0 Å². The van der Waals surface area contributed by atoms with Crippen LogP contribution in [0, 0.1) is 5.82 Å². The summed E-state index contributed by atoms with van der Waals surface area (Å²) >= 11 is 0. The van der Waals surface area contributed by atoms with Crippen molar-refractivity contribution in [2.45, 2.75) is 18.6 Å². The van der Waals surface area contributed by atoms with Crippen LogP contribution in [0.3, 0.4) is 0 Å². The summed E-state index contributed by atoms with van der Waals surface area (Å²) in [7, 11) is 0. The number of hydrogen-bond donors (Lipinski definition) is 1. The fourth-order valence-corrected chi connectivity index (χ4v) is 2.16. The molecule has 108 valence electrons. The van der Waals surface area contributed by atoms with Crippen LogP contribution in [-0.2, 0) is 0 Å². The third-order valence-electron chi connectivity index (χ3n) is 3.16. The van der Waals surface area contributed by atoms with Gasteiger partial charge in [-0.25, -0.2) is 4.39 Å². The zero-order valence-corrected chi connectivity index (χ0v) is 11.3. The molecule has 1 N–H and O–H groups in total. The molecular formula is C17H15FO3. The first kappa shape index (κ1) is 13.6. The molecule has 1 aliphatic rings. The number of rotatable bonds is 4. The average molecular weight is 286 g/mol. The summed E-state index contributed by atoms with van der Waals surface area (Å²) in [5, 5.41) is 9.43. The van der Waals surface area contributed by atoms with E-state index in [4.69, 9.17) is 9.47 Å². The molecule has 0 radical (unpaired) electrons. The number of aliphatic hydroxyl groups excluding tert-OH is 1. The maximum Gasteiger partial charge on any atom is 0.131 e. The van der Waals surface area contributed by atoms with Crippen molar-refractivity contribution in [1.82, 2.24) is 0 Å². The van der Waals surface area contributed by atoms with Gasteiger partial charge < -0.3 is 14.6 Å². The fraction of sp³-hybridized carbons (Fsp3) is 0.176. The van der Waals surface area contributed by atoms with Gasteiger partial charge in [0.2, 0.25) is 0 Å². The van der Waals surface area contributed by atoms with Crippen molar-refractivity contribution < 1.29 is 19.0 Å². The molecule has 2 aromatic rings. The van der Waals surface area contributed by atoms with E-state index in [-0.39, 0.29) is 11.9 Å². The largest absolute Gasteiger partial charge is 0.486 e. The van der Waals surface area contributed by atoms with Gasteiger partial charge >= 0.3 is 0 Å². The summed E-state index contributed by atoms with van der Waals surface area (Å²) < 4.78 is 24.2. The molecule has 0 fully saturated rings.